The van der Waals surface area contributed by atoms with Gasteiger partial charge in [0.15, 0.2) is 5.69 Å². The van der Waals surface area contributed by atoms with Gasteiger partial charge in [-0.05, 0) is 37.0 Å². The van der Waals surface area contributed by atoms with Crippen LogP contribution in [0.5, 0.6) is 0 Å². The molecule has 0 atom stereocenters. The minimum atomic E-state index is -0.146. The zero-order valence-corrected chi connectivity index (χ0v) is 16.2. The van der Waals surface area contributed by atoms with Gasteiger partial charge in [-0.1, -0.05) is 6.07 Å². The van der Waals surface area contributed by atoms with Crippen LogP contribution in [0.15, 0.2) is 24.3 Å². The van der Waals surface area contributed by atoms with Crippen LogP contribution < -0.4 is 15.5 Å². The highest BCUT2D eigenvalue weighted by Crippen LogP contribution is 2.30. The molecule has 7 heteroatoms. The van der Waals surface area contributed by atoms with Crippen molar-refractivity contribution in [2.24, 2.45) is 5.92 Å². The normalized spacial score (nSPS) is 20.1. The van der Waals surface area contributed by atoms with Gasteiger partial charge in [0, 0.05) is 74.9 Å². The van der Waals surface area contributed by atoms with E-state index in [0.717, 1.165) is 62.0 Å². The molecule has 2 aromatic rings. The molecular weight excluding hydrogens is 352 g/mol. The van der Waals surface area contributed by atoms with Crippen molar-refractivity contribution < 1.29 is 4.79 Å². The number of H-pyrrole nitrogens is 1. The van der Waals surface area contributed by atoms with Gasteiger partial charge in [0.2, 0.25) is 0 Å². The molecule has 148 valence electrons. The quantitative estimate of drug-likeness (QED) is 0.738. The summed E-state index contributed by atoms with van der Waals surface area (Å²) in [6, 6.07) is 8.17. The fraction of sp³-hybridized carbons (Fsp3) is 0.524. The summed E-state index contributed by atoms with van der Waals surface area (Å²) in [5.74, 6) is 0.806. The summed E-state index contributed by atoms with van der Waals surface area (Å²) >= 11 is 0. The van der Waals surface area contributed by atoms with E-state index in [2.05, 4.69) is 42.8 Å². The Bertz CT molecular complexity index is 850. The number of benzene rings is 1. The molecule has 0 bridgehead atoms. The Morgan fingerprint density at radius 2 is 2.07 bits per heavy atom. The zero-order chi connectivity index (χ0) is 18.9. The molecular formula is C21H28N6O. The van der Waals surface area contributed by atoms with Crippen molar-refractivity contribution in [1.82, 2.24) is 20.4 Å². The Morgan fingerprint density at radius 3 is 2.89 bits per heavy atom. The van der Waals surface area contributed by atoms with Crippen LogP contribution in [-0.4, -0.2) is 60.3 Å². The van der Waals surface area contributed by atoms with Crippen molar-refractivity contribution in [3.8, 4) is 0 Å². The van der Waals surface area contributed by atoms with E-state index in [0.29, 0.717) is 12.2 Å². The second-order valence-electron chi connectivity index (χ2n) is 8.19. The first-order valence-corrected chi connectivity index (χ1v) is 10.4. The molecule has 3 N–H and O–H groups in total. The Morgan fingerprint density at radius 1 is 1.21 bits per heavy atom. The van der Waals surface area contributed by atoms with Gasteiger partial charge in [-0.25, -0.2) is 0 Å². The first-order chi connectivity index (χ1) is 13.8. The van der Waals surface area contributed by atoms with Crippen molar-refractivity contribution >= 4 is 17.3 Å². The number of piperazine rings is 1. The summed E-state index contributed by atoms with van der Waals surface area (Å²) in [5.41, 5.74) is 4.56. The number of fused-ring (bicyclic) bond motifs is 1. The van der Waals surface area contributed by atoms with Crippen LogP contribution >= 0.6 is 0 Å². The maximum Gasteiger partial charge on any atom is 0.276 e. The molecule has 3 heterocycles. The highest BCUT2D eigenvalue weighted by Gasteiger charge is 2.26. The molecule has 1 aromatic heterocycles. The van der Waals surface area contributed by atoms with Crippen LogP contribution in [-0.2, 0) is 13.0 Å². The van der Waals surface area contributed by atoms with Crippen LogP contribution in [0.1, 0.15) is 34.6 Å². The number of amides is 1. The molecule has 3 aliphatic rings. The van der Waals surface area contributed by atoms with Crippen molar-refractivity contribution in [3.05, 3.63) is 41.2 Å². The van der Waals surface area contributed by atoms with Gasteiger partial charge in [0.25, 0.3) is 5.91 Å². The van der Waals surface area contributed by atoms with Crippen molar-refractivity contribution in [2.75, 3.05) is 49.5 Å². The standard InChI is InChI=1S/C21H28N6O/c28-21(20-18-13-22-7-6-19(18)24-25-20)23-16-2-1-3-17(12-16)27-10-8-26(9-11-27)14-15-4-5-15/h1-3,12,15,22H,4-11,13-14H2,(H,23,28)(H,24,25). The van der Waals surface area contributed by atoms with E-state index in [9.17, 15) is 4.79 Å². The van der Waals surface area contributed by atoms with E-state index in [4.69, 9.17) is 0 Å². The SMILES string of the molecule is O=C(Nc1cccc(N2CCN(CC3CC3)CC2)c1)c1n[nH]c2c1CNCC2. The van der Waals surface area contributed by atoms with Gasteiger partial charge in [0.05, 0.1) is 0 Å². The monoisotopic (exact) mass is 380 g/mol. The van der Waals surface area contributed by atoms with Crippen LogP contribution in [0.25, 0.3) is 0 Å². The predicted molar refractivity (Wildman–Crippen MR) is 110 cm³/mol. The fourth-order valence-corrected chi connectivity index (χ4v) is 4.24. The number of anilines is 2. The lowest BCUT2D eigenvalue weighted by molar-refractivity contribution is 0.102. The number of rotatable bonds is 5. The van der Waals surface area contributed by atoms with Crippen molar-refractivity contribution in [3.63, 3.8) is 0 Å². The first kappa shape index (κ1) is 17.7. The van der Waals surface area contributed by atoms with E-state index < -0.39 is 0 Å². The third kappa shape index (κ3) is 3.77. The molecule has 0 spiro atoms. The van der Waals surface area contributed by atoms with E-state index in [-0.39, 0.29) is 5.91 Å². The number of carbonyl (C=O) groups excluding carboxylic acids is 1. The minimum absolute atomic E-state index is 0.146. The van der Waals surface area contributed by atoms with Gasteiger partial charge in [0.1, 0.15) is 0 Å². The van der Waals surface area contributed by atoms with Crippen molar-refractivity contribution in [1.29, 1.82) is 0 Å². The number of aromatic nitrogens is 2. The third-order valence-corrected chi connectivity index (χ3v) is 6.08. The van der Waals surface area contributed by atoms with Crippen molar-refractivity contribution in [2.45, 2.75) is 25.8 Å². The van der Waals surface area contributed by atoms with E-state index >= 15 is 0 Å². The summed E-state index contributed by atoms with van der Waals surface area (Å²) < 4.78 is 0. The fourth-order valence-electron chi connectivity index (χ4n) is 4.24. The molecule has 1 amide bonds. The predicted octanol–water partition coefficient (Wildman–Crippen LogP) is 1.84. The van der Waals surface area contributed by atoms with Gasteiger partial charge in [-0.3, -0.25) is 14.8 Å². The molecule has 0 radical (unpaired) electrons. The highest BCUT2D eigenvalue weighted by atomic mass is 16.1. The Balaban J connectivity index is 1.23. The lowest BCUT2D eigenvalue weighted by atomic mass is 10.1. The molecule has 5 rings (SSSR count). The molecule has 0 unspecified atom stereocenters. The van der Waals surface area contributed by atoms with Gasteiger partial charge in [-0.2, -0.15) is 5.10 Å². The maximum absolute atomic E-state index is 12.7. The number of hydrogen-bond donors (Lipinski definition) is 3. The van der Waals surface area contributed by atoms with Crippen LogP contribution in [0, 0.1) is 5.92 Å². The molecule has 28 heavy (non-hydrogen) atoms. The molecule has 1 saturated carbocycles. The topological polar surface area (TPSA) is 76.3 Å². The summed E-state index contributed by atoms with van der Waals surface area (Å²) in [6.45, 7) is 7.23. The molecule has 7 nitrogen and oxygen atoms in total. The Hall–Kier alpha value is -2.38. The first-order valence-electron chi connectivity index (χ1n) is 10.4. The van der Waals surface area contributed by atoms with Gasteiger partial charge in [-0.15, -0.1) is 0 Å². The third-order valence-electron chi connectivity index (χ3n) is 6.08. The number of nitrogens with zero attached hydrogens (tertiary/aromatic N) is 3. The maximum atomic E-state index is 12.7. The largest absolute Gasteiger partial charge is 0.369 e. The lowest BCUT2D eigenvalue weighted by Gasteiger charge is -2.36. The van der Waals surface area contributed by atoms with Crippen LogP contribution in [0.4, 0.5) is 11.4 Å². The average molecular weight is 380 g/mol. The molecule has 2 fully saturated rings. The second-order valence-corrected chi connectivity index (χ2v) is 8.19. The molecule has 1 aromatic carbocycles. The van der Waals surface area contributed by atoms with Crippen LogP contribution in [0.2, 0.25) is 0 Å². The van der Waals surface area contributed by atoms with E-state index in [1.807, 2.05) is 12.1 Å². The van der Waals surface area contributed by atoms with Gasteiger partial charge >= 0.3 is 0 Å². The van der Waals surface area contributed by atoms with Crippen LogP contribution in [0.3, 0.4) is 0 Å². The summed E-state index contributed by atoms with van der Waals surface area (Å²) in [4.78, 5) is 17.8. The summed E-state index contributed by atoms with van der Waals surface area (Å²) in [5, 5.41) is 13.6. The van der Waals surface area contributed by atoms with E-state index in [1.165, 1.54) is 25.1 Å². The average Bonchev–Trinajstić information content (AvgIpc) is 3.43. The summed E-state index contributed by atoms with van der Waals surface area (Å²) in [6.07, 6.45) is 3.71. The smallest absolute Gasteiger partial charge is 0.276 e. The number of hydrogen-bond acceptors (Lipinski definition) is 5. The highest BCUT2D eigenvalue weighted by molar-refractivity contribution is 6.04. The number of carbonyl (C=O) groups is 1. The second kappa shape index (κ2) is 7.56. The molecule has 1 aliphatic carbocycles. The minimum Gasteiger partial charge on any atom is -0.369 e. The Labute approximate surface area is 165 Å². The number of aromatic amines is 1. The Kier molecular flexibility index (Phi) is 4.78. The van der Waals surface area contributed by atoms with Gasteiger partial charge < -0.3 is 15.5 Å². The van der Waals surface area contributed by atoms with E-state index in [1.54, 1.807) is 0 Å². The zero-order valence-electron chi connectivity index (χ0n) is 16.2. The molecule has 2 aliphatic heterocycles. The molecule has 1 saturated heterocycles. The summed E-state index contributed by atoms with van der Waals surface area (Å²) in [7, 11) is 0. The number of nitrogens with one attached hydrogen (secondary N) is 3. The lowest BCUT2D eigenvalue weighted by Crippen LogP contribution is -2.47.